The van der Waals surface area contributed by atoms with Crippen molar-refractivity contribution in [3.63, 3.8) is 0 Å². The van der Waals surface area contributed by atoms with Gasteiger partial charge in [-0.05, 0) is 51.4 Å². The van der Waals surface area contributed by atoms with Gasteiger partial charge in [-0.25, -0.2) is 0 Å². The smallest absolute Gasteiger partial charge is 0.309 e. The van der Waals surface area contributed by atoms with Gasteiger partial charge in [0.1, 0.15) is 13.2 Å². The summed E-state index contributed by atoms with van der Waals surface area (Å²) >= 11 is 0. The molecule has 32 heavy (non-hydrogen) atoms. The van der Waals surface area contributed by atoms with Crippen molar-refractivity contribution in [3.05, 3.63) is 0 Å². The molecule has 0 N–H and O–H groups in total. The highest BCUT2D eigenvalue weighted by molar-refractivity contribution is 5.72. The summed E-state index contributed by atoms with van der Waals surface area (Å²) < 4.78 is 22.9. The Morgan fingerprint density at radius 1 is 0.500 bits per heavy atom. The molecule has 2 atom stereocenters. The van der Waals surface area contributed by atoms with E-state index in [0.29, 0.717) is 26.4 Å². The summed E-state index contributed by atoms with van der Waals surface area (Å²) in [7, 11) is 0. The molecular formula is C26H44O6. The van der Waals surface area contributed by atoms with Crippen LogP contribution in [0.5, 0.6) is 0 Å². The molecule has 6 nitrogen and oxygen atoms in total. The number of hydrogen-bond acceptors (Lipinski definition) is 6. The molecule has 0 aromatic rings. The molecule has 3 rings (SSSR count). The third kappa shape index (κ3) is 9.38. The van der Waals surface area contributed by atoms with Crippen LogP contribution in [0.2, 0.25) is 0 Å². The standard InChI is InChI=1S/C26H44O6/c27-25(21-10-5-1-2-6-11-21)31-18-16-29-23-14-9-15-24(20-23)30-17-19-32-26(28)22-12-7-3-4-8-13-22/h21-24H,1-20H2. The minimum absolute atomic E-state index is 0.0428. The third-order valence-electron chi connectivity index (χ3n) is 7.32. The van der Waals surface area contributed by atoms with Gasteiger partial charge >= 0.3 is 11.9 Å². The Hall–Kier alpha value is -1.14. The summed E-state index contributed by atoms with van der Waals surface area (Å²) in [6, 6.07) is 0. The molecule has 0 heterocycles. The highest BCUT2D eigenvalue weighted by Gasteiger charge is 2.25. The van der Waals surface area contributed by atoms with Crippen LogP contribution >= 0.6 is 0 Å². The maximum Gasteiger partial charge on any atom is 0.309 e. The van der Waals surface area contributed by atoms with Crippen molar-refractivity contribution in [2.45, 2.75) is 115 Å². The predicted octanol–water partition coefficient (Wildman–Crippen LogP) is 5.36. The predicted molar refractivity (Wildman–Crippen MR) is 122 cm³/mol. The molecule has 0 radical (unpaired) electrons. The number of esters is 2. The van der Waals surface area contributed by atoms with Crippen molar-refractivity contribution in [1.29, 1.82) is 0 Å². The van der Waals surface area contributed by atoms with Gasteiger partial charge in [-0.3, -0.25) is 9.59 Å². The van der Waals surface area contributed by atoms with Crippen LogP contribution in [0.1, 0.15) is 103 Å². The molecule has 3 saturated carbocycles. The number of rotatable bonds is 10. The van der Waals surface area contributed by atoms with Gasteiger partial charge in [0.25, 0.3) is 0 Å². The van der Waals surface area contributed by atoms with Crippen molar-refractivity contribution >= 4 is 11.9 Å². The molecule has 0 bridgehead atoms. The van der Waals surface area contributed by atoms with Gasteiger partial charge in [0.15, 0.2) is 0 Å². The lowest BCUT2D eigenvalue weighted by atomic mass is 9.95. The van der Waals surface area contributed by atoms with Gasteiger partial charge in [-0.2, -0.15) is 0 Å². The second kappa shape index (κ2) is 14.9. The van der Waals surface area contributed by atoms with Crippen LogP contribution in [-0.2, 0) is 28.5 Å². The summed E-state index contributed by atoms with van der Waals surface area (Å²) in [5, 5.41) is 0. The van der Waals surface area contributed by atoms with Crippen molar-refractivity contribution < 1.29 is 28.5 Å². The summed E-state index contributed by atoms with van der Waals surface area (Å²) in [6.07, 6.45) is 17.6. The minimum Gasteiger partial charge on any atom is -0.463 e. The SMILES string of the molecule is O=C(OCCOC1CCCC(OCCOC(=O)C2CCCCCC2)C1)C1CCCCCC1. The molecule has 6 heteroatoms. The molecule has 184 valence electrons. The van der Waals surface area contributed by atoms with E-state index in [4.69, 9.17) is 18.9 Å². The van der Waals surface area contributed by atoms with E-state index in [0.717, 1.165) is 77.0 Å². The van der Waals surface area contributed by atoms with E-state index < -0.39 is 0 Å². The van der Waals surface area contributed by atoms with Gasteiger partial charge < -0.3 is 18.9 Å². The quantitative estimate of drug-likeness (QED) is 0.252. The molecule has 3 aliphatic carbocycles. The van der Waals surface area contributed by atoms with Gasteiger partial charge in [0, 0.05) is 0 Å². The van der Waals surface area contributed by atoms with E-state index in [1.807, 2.05) is 0 Å². The number of carbonyl (C=O) groups is 2. The summed E-state index contributed by atoms with van der Waals surface area (Å²) in [6.45, 7) is 1.59. The van der Waals surface area contributed by atoms with Crippen molar-refractivity contribution in [2.75, 3.05) is 26.4 Å². The Balaban J connectivity index is 1.22. The molecule has 0 aromatic carbocycles. The highest BCUT2D eigenvalue weighted by atomic mass is 16.6. The Morgan fingerprint density at radius 3 is 1.31 bits per heavy atom. The van der Waals surface area contributed by atoms with Crippen molar-refractivity contribution in [1.82, 2.24) is 0 Å². The Bertz CT molecular complexity index is 488. The monoisotopic (exact) mass is 452 g/mol. The molecule has 3 fully saturated rings. The van der Waals surface area contributed by atoms with E-state index >= 15 is 0 Å². The average Bonchev–Trinajstić information content (AvgIpc) is 3.25. The van der Waals surface area contributed by atoms with Crippen LogP contribution in [0.25, 0.3) is 0 Å². The van der Waals surface area contributed by atoms with Crippen LogP contribution in [-0.4, -0.2) is 50.6 Å². The maximum atomic E-state index is 12.2. The van der Waals surface area contributed by atoms with Crippen LogP contribution < -0.4 is 0 Å². The first-order valence-corrected chi connectivity index (χ1v) is 13.3. The Kier molecular flexibility index (Phi) is 11.9. The maximum absolute atomic E-state index is 12.2. The van der Waals surface area contributed by atoms with Gasteiger partial charge in [-0.1, -0.05) is 51.4 Å². The zero-order chi connectivity index (χ0) is 22.4. The second-order valence-corrected chi connectivity index (χ2v) is 9.86. The van der Waals surface area contributed by atoms with E-state index in [1.54, 1.807) is 0 Å². The molecule has 0 saturated heterocycles. The van der Waals surface area contributed by atoms with Crippen molar-refractivity contribution in [2.24, 2.45) is 11.8 Å². The van der Waals surface area contributed by atoms with Crippen LogP contribution in [0.4, 0.5) is 0 Å². The Morgan fingerprint density at radius 2 is 0.906 bits per heavy atom. The summed E-state index contributed by atoms with van der Waals surface area (Å²) in [5.74, 6) is 0.0840. The first kappa shape index (κ1) is 25.5. The van der Waals surface area contributed by atoms with Gasteiger partial charge in [0.2, 0.25) is 0 Å². The summed E-state index contributed by atoms with van der Waals surface area (Å²) in [5.41, 5.74) is 0. The Labute approximate surface area is 194 Å². The topological polar surface area (TPSA) is 71.1 Å². The minimum atomic E-state index is -0.0428. The van der Waals surface area contributed by atoms with Gasteiger partial charge in [-0.15, -0.1) is 0 Å². The van der Waals surface area contributed by atoms with E-state index in [1.165, 1.54) is 25.7 Å². The molecular weight excluding hydrogens is 408 g/mol. The van der Waals surface area contributed by atoms with Crippen LogP contribution in [0.3, 0.4) is 0 Å². The van der Waals surface area contributed by atoms with E-state index in [-0.39, 0.29) is 36.0 Å². The molecule has 0 aromatic heterocycles. The van der Waals surface area contributed by atoms with E-state index in [2.05, 4.69) is 0 Å². The fourth-order valence-corrected chi connectivity index (χ4v) is 5.38. The first-order valence-electron chi connectivity index (χ1n) is 13.3. The average molecular weight is 453 g/mol. The van der Waals surface area contributed by atoms with Crippen LogP contribution in [0.15, 0.2) is 0 Å². The summed E-state index contributed by atoms with van der Waals surface area (Å²) in [4.78, 5) is 24.5. The lowest BCUT2D eigenvalue weighted by molar-refractivity contribution is -0.152. The lowest BCUT2D eigenvalue weighted by Gasteiger charge is -2.29. The van der Waals surface area contributed by atoms with E-state index in [9.17, 15) is 9.59 Å². The number of carbonyl (C=O) groups excluding carboxylic acids is 2. The normalized spacial score (nSPS) is 26.1. The van der Waals surface area contributed by atoms with Gasteiger partial charge in [0.05, 0.1) is 37.3 Å². The largest absolute Gasteiger partial charge is 0.463 e. The molecule has 2 unspecified atom stereocenters. The lowest BCUT2D eigenvalue weighted by Crippen LogP contribution is -2.30. The fourth-order valence-electron chi connectivity index (χ4n) is 5.38. The zero-order valence-electron chi connectivity index (χ0n) is 19.9. The molecule has 0 spiro atoms. The number of ether oxygens (including phenoxy) is 4. The molecule has 3 aliphatic rings. The number of hydrogen-bond donors (Lipinski definition) is 0. The van der Waals surface area contributed by atoms with Crippen LogP contribution in [0, 0.1) is 11.8 Å². The zero-order valence-corrected chi connectivity index (χ0v) is 19.9. The van der Waals surface area contributed by atoms with Crippen molar-refractivity contribution in [3.8, 4) is 0 Å². The second-order valence-electron chi connectivity index (χ2n) is 9.86. The third-order valence-corrected chi connectivity index (χ3v) is 7.32. The molecule has 0 aliphatic heterocycles. The highest BCUT2D eigenvalue weighted by Crippen LogP contribution is 2.26. The first-order chi connectivity index (χ1) is 15.7. The molecule has 0 amide bonds. The fraction of sp³-hybridized carbons (Fsp3) is 0.923.